The summed E-state index contributed by atoms with van der Waals surface area (Å²) >= 11 is 7.98. The molecule has 0 radical (unpaired) electrons. The lowest BCUT2D eigenvalue weighted by Crippen LogP contribution is -2.49. The molecule has 17 heteroatoms. The molecular formula is C52H68Cl2N8O5S2. The van der Waals surface area contributed by atoms with Gasteiger partial charge in [0, 0.05) is 111 Å². The summed E-state index contributed by atoms with van der Waals surface area (Å²) in [5.41, 5.74) is 5.47. The number of carbonyl (C=O) groups excluding carboxylic acids is 1. The molecule has 13 nitrogen and oxygen atoms in total. The third kappa shape index (κ3) is 14.7. The van der Waals surface area contributed by atoms with Crippen LogP contribution in [-0.2, 0) is 10.0 Å². The van der Waals surface area contributed by atoms with E-state index in [0.717, 1.165) is 132 Å². The Morgan fingerprint density at radius 3 is 2.23 bits per heavy atom. The van der Waals surface area contributed by atoms with E-state index in [0.29, 0.717) is 5.75 Å². The molecule has 3 heterocycles. The second-order valence-electron chi connectivity index (χ2n) is 19.3. The van der Waals surface area contributed by atoms with Gasteiger partial charge in [-0.1, -0.05) is 67.3 Å². The number of thioether (sulfide) groups is 1. The summed E-state index contributed by atoms with van der Waals surface area (Å²) in [6.45, 7) is 15.2. The number of hydrogen-bond donors (Lipinski definition) is 3. The van der Waals surface area contributed by atoms with Gasteiger partial charge in [0.15, 0.2) is 0 Å². The quantitative estimate of drug-likeness (QED) is 0.0497. The number of benzene rings is 4. The van der Waals surface area contributed by atoms with Crippen LogP contribution in [0.1, 0.15) is 74.2 Å². The van der Waals surface area contributed by atoms with Crippen LogP contribution in [0.25, 0.3) is 5.57 Å². The van der Waals surface area contributed by atoms with E-state index >= 15 is 0 Å². The van der Waals surface area contributed by atoms with Gasteiger partial charge in [0.05, 0.1) is 9.82 Å². The Morgan fingerprint density at radius 1 is 0.855 bits per heavy atom. The first-order valence-electron chi connectivity index (χ1n) is 24.4. The second-order valence-corrected chi connectivity index (χ2v) is 22.5. The van der Waals surface area contributed by atoms with E-state index in [1.807, 2.05) is 54.6 Å². The normalized spacial score (nSPS) is 20.4. The second kappa shape index (κ2) is 24.8. The number of nitro benzene ring substituents is 1. The number of likely N-dealkylation sites (tertiary alicyclic amines) is 1. The maximum atomic E-state index is 13.6. The summed E-state index contributed by atoms with van der Waals surface area (Å²) in [5, 5.41) is 20.1. The standard InChI is InChI=1S/C52H67ClN8O5S2.ClH/c1-52(39-59-29-24-54-25-30-59)23-21-48(40-11-15-43(53)16-12-40)42(36-52)37-58-31-33-60(34-32-58)45-17-13-41(14-18-45)51(62)56-68(65,66)47-19-20-49(50(35-47)61(63)64)55-44(38-67-46-9-5-4-6-10-46)22-28-57-26-7-2-3-8-27-57;/h4-6,9-20,35,44,54-55H,2-3,7-8,21-34,36-39H2,1H3,(H,56,62);1H/t44-,52-;/m1./s1. The van der Waals surface area contributed by atoms with Crippen LogP contribution >= 0.6 is 35.8 Å². The van der Waals surface area contributed by atoms with E-state index < -0.39 is 20.9 Å². The van der Waals surface area contributed by atoms with Crippen LogP contribution in [0.2, 0.25) is 5.02 Å². The molecular weight excluding hydrogens is 952 g/mol. The fourth-order valence-corrected chi connectivity index (χ4v) is 12.4. The van der Waals surface area contributed by atoms with E-state index in [4.69, 9.17) is 11.6 Å². The molecule has 3 saturated heterocycles. The molecule has 69 heavy (non-hydrogen) atoms. The first-order valence-corrected chi connectivity index (χ1v) is 27.2. The van der Waals surface area contributed by atoms with Gasteiger partial charge >= 0.3 is 0 Å². The highest BCUT2D eigenvalue weighted by atomic mass is 35.5. The van der Waals surface area contributed by atoms with E-state index in [1.165, 1.54) is 54.5 Å². The molecule has 4 aromatic rings. The van der Waals surface area contributed by atoms with Crippen molar-refractivity contribution in [3.8, 4) is 0 Å². The summed E-state index contributed by atoms with van der Waals surface area (Å²) in [6.07, 6.45) is 8.87. The largest absolute Gasteiger partial charge is 0.376 e. The predicted molar refractivity (Wildman–Crippen MR) is 284 cm³/mol. The number of nitro groups is 1. The molecule has 0 saturated carbocycles. The van der Waals surface area contributed by atoms with Crippen molar-refractivity contribution < 1.29 is 18.1 Å². The Balaban J connectivity index is 0.00000703. The van der Waals surface area contributed by atoms with Crippen LogP contribution in [0.15, 0.2) is 112 Å². The van der Waals surface area contributed by atoms with Gasteiger partial charge in [0.2, 0.25) is 0 Å². The molecule has 2 atom stereocenters. The molecule has 372 valence electrons. The van der Waals surface area contributed by atoms with Crippen molar-refractivity contribution in [2.24, 2.45) is 5.41 Å². The van der Waals surface area contributed by atoms with Crippen LogP contribution in [0.4, 0.5) is 17.1 Å². The molecule has 0 aromatic heterocycles. The molecule has 1 amide bonds. The van der Waals surface area contributed by atoms with Gasteiger partial charge in [-0.25, -0.2) is 13.1 Å². The number of allylic oxidation sites excluding steroid dienone is 1. The molecule has 1 aliphatic carbocycles. The number of anilines is 2. The summed E-state index contributed by atoms with van der Waals surface area (Å²) in [6, 6.07) is 29.0. The smallest absolute Gasteiger partial charge is 0.293 e. The van der Waals surface area contributed by atoms with Gasteiger partial charge < -0.3 is 25.3 Å². The molecule has 0 bridgehead atoms. The van der Waals surface area contributed by atoms with Gasteiger partial charge in [-0.15, -0.1) is 24.2 Å². The van der Waals surface area contributed by atoms with Crippen LogP contribution < -0.4 is 20.3 Å². The van der Waals surface area contributed by atoms with Crippen LogP contribution in [-0.4, -0.2) is 131 Å². The van der Waals surface area contributed by atoms with E-state index in [1.54, 1.807) is 23.9 Å². The average Bonchev–Trinajstić information content (AvgIpc) is 3.63. The lowest BCUT2D eigenvalue weighted by atomic mass is 9.71. The van der Waals surface area contributed by atoms with Crippen molar-refractivity contribution in [1.29, 1.82) is 0 Å². The number of nitrogens with zero attached hydrogens (tertiary/aromatic N) is 5. The van der Waals surface area contributed by atoms with Gasteiger partial charge in [-0.2, -0.15) is 0 Å². The van der Waals surface area contributed by atoms with E-state index in [-0.39, 0.29) is 45.7 Å². The molecule has 4 aromatic carbocycles. The van der Waals surface area contributed by atoms with Gasteiger partial charge in [-0.05, 0) is 129 Å². The zero-order chi connectivity index (χ0) is 47.5. The van der Waals surface area contributed by atoms with Crippen molar-refractivity contribution in [3.05, 3.63) is 129 Å². The molecule has 3 aliphatic heterocycles. The fraction of sp³-hybridized carbons (Fsp3) is 0.481. The molecule has 0 unspecified atom stereocenters. The Kier molecular flexibility index (Phi) is 18.9. The lowest BCUT2D eigenvalue weighted by Gasteiger charge is -2.43. The summed E-state index contributed by atoms with van der Waals surface area (Å²) < 4.78 is 29.4. The van der Waals surface area contributed by atoms with Crippen molar-refractivity contribution in [2.45, 2.75) is 74.1 Å². The number of nitrogens with one attached hydrogen (secondary N) is 3. The lowest BCUT2D eigenvalue weighted by molar-refractivity contribution is -0.384. The predicted octanol–water partition coefficient (Wildman–Crippen LogP) is 9.30. The molecule has 3 fully saturated rings. The molecule has 8 rings (SSSR count). The fourth-order valence-electron chi connectivity index (χ4n) is 10.3. The van der Waals surface area contributed by atoms with Crippen molar-refractivity contribution in [1.82, 2.24) is 24.7 Å². The number of halogens is 2. The highest BCUT2D eigenvalue weighted by molar-refractivity contribution is 7.99. The molecule has 4 aliphatic rings. The Hall–Kier alpha value is -4.19. The SMILES string of the molecule is C[C@@]1(CN2CCNCC2)CCC(c2ccc(Cl)cc2)=C(CN2CCN(c3ccc(C(=O)NS(=O)(=O)c4ccc(N[C@H](CCN5CCCCCC5)CSc5ccccc5)c([N+](=O)[O-])c4)cc3)CC2)C1.Cl. The minimum absolute atomic E-state index is 0. The number of sulfonamides is 1. The van der Waals surface area contributed by atoms with Crippen LogP contribution in [0, 0.1) is 15.5 Å². The summed E-state index contributed by atoms with van der Waals surface area (Å²) in [7, 11) is -4.44. The van der Waals surface area contributed by atoms with E-state index in [9.17, 15) is 23.3 Å². The maximum absolute atomic E-state index is 13.6. The van der Waals surface area contributed by atoms with Crippen molar-refractivity contribution >= 4 is 74.3 Å². The molecule has 3 N–H and O–H groups in total. The summed E-state index contributed by atoms with van der Waals surface area (Å²) in [5.74, 6) is -0.137. The van der Waals surface area contributed by atoms with Crippen molar-refractivity contribution in [3.63, 3.8) is 0 Å². The third-order valence-corrected chi connectivity index (χ3v) is 16.8. The zero-order valence-corrected chi connectivity index (χ0v) is 43.0. The highest BCUT2D eigenvalue weighted by Crippen LogP contribution is 2.44. The minimum atomic E-state index is -4.44. The third-order valence-electron chi connectivity index (χ3n) is 14.1. The van der Waals surface area contributed by atoms with E-state index in [2.05, 4.69) is 54.0 Å². The minimum Gasteiger partial charge on any atom is -0.376 e. The highest BCUT2D eigenvalue weighted by Gasteiger charge is 2.35. The van der Waals surface area contributed by atoms with Gasteiger partial charge in [-0.3, -0.25) is 19.8 Å². The average molecular weight is 1020 g/mol. The maximum Gasteiger partial charge on any atom is 0.293 e. The number of carbonyl (C=O) groups is 1. The first-order chi connectivity index (χ1) is 32.9. The Labute approximate surface area is 424 Å². The number of hydrogen-bond acceptors (Lipinski definition) is 12. The Morgan fingerprint density at radius 2 is 1.55 bits per heavy atom. The molecule has 0 spiro atoms. The van der Waals surface area contributed by atoms with Crippen LogP contribution in [0.3, 0.4) is 0 Å². The number of piperazine rings is 2. The Bertz CT molecular complexity index is 2460. The zero-order valence-electron chi connectivity index (χ0n) is 39.8. The topological polar surface area (TPSA) is 143 Å². The number of rotatable bonds is 18. The number of amides is 1. The van der Waals surface area contributed by atoms with Crippen LogP contribution in [0.5, 0.6) is 0 Å². The summed E-state index contributed by atoms with van der Waals surface area (Å²) in [4.78, 5) is 36.0. The van der Waals surface area contributed by atoms with Gasteiger partial charge in [0.25, 0.3) is 21.6 Å². The van der Waals surface area contributed by atoms with Gasteiger partial charge in [0.1, 0.15) is 5.69 Å². The first kappa shape index (κ1) is 52.6. The van der Waals surface area contributed by atoms with Crippen molar-refractivity contribution in [2.75, 3.05) is 101 Å². The monoisotopic (exact) mass is 1020 g/mol.